The number of rotatable bonds is 55. The third-order valence-corrected chi connectivity index (χ3v) is 13.0. The highest BCUT2D eigenvalue weighted by Crippen LogP contribution is 2.16. The first-order valence-electron chi connectivity index (χ1n) is 31.0. The van der Waals surface area contributed by atoms with Crippen molar-refractivity contribution in [2.75, 3.05) is 13.2 Å². The van der Waals surface area contributed by atoms with Crippen molar-refractivity contribution in [2.24, 2.45) is 0 Å². The van der Waals surface area contributed by atoms with Gasteiger partial charge in [0.2, 0.25) is 0 Å². The lowest BCUT2D eigenvalue weighted by Gasteiger charge is -2.18. The summed E-state index contributed by atoms with van der Waals surface area (Å²) in [7, 11) is 0. The van der Waals surface area contributed by atoms with E-state index in [0.717, 1.165) is 141 Å². The van der Waals surface area contributed by atoms with Crippen molar-refractivity contribution in [2.45, 2.75) is 284 Å². The standard InChI is InChI=1S/C69H114O6/c1-4-7-10-13-15-17-19-21-23-25-27-29-31-33-34-36-37-39-41-43-45-47-49-51-53-56-59-62-68(71)74-65-66(64-73-67(70)61-58-55-12-9-6-3)75-69(72)63-60-57-54-52-50-48-46-44-42-40-38-35-32-30-28-26-24-22-20-18-16-14-11-8-5-2/h7-8,10-11,15-18,21-24,27-30,35,38,42,44,66H,4-6,9,12-14,19-20,25-26,31-34,36-37,39-41,43,45-65H2,1-3H3/b10-7-,11-8-,17-15-,18-16-,23-21-,24-22-,29-27-,30-28-,38-35-,44-42-. The second kappa shape index (κ2) is 62.4. The molecule has 6 heteroatoms. The summed E-state index contributed by atoms with van der Waals surface area (Å²) in [6.07, 6.45) is 86.8. The van der Waals surface area contributed by atoms with Crippen molar-refractivity contribution in [3.8, 4) is 0 Å². The van der Waals surface area contributed by atoms with E-state index in [9.17, 15) is 14.4 Å². The molecule has 0 aromatic rings. The molecule has 0 fully saturated rings. The number of unbranched alkanes of at least 4 members (excludes halogenated alkanes) is 24. The van der Waals surface area contributed by atoms with E-state index in [0.29, 0.717) is 19.3 Å². The summed E-state index contributed by atoms with van der Waals surface area (Å²) in [6.45, 7) is 6.32. The molecule has 0 aliphatic carbocycles. The van der Waals surface area contributed by atoms with E-state index in [2.05, 4.69) is 142 Å². The average molecular weight is 1040 g/mol. The van der Waals surface area contributed by atoms with Gasteiger partial charge in [0, 0.05) is 19.3 Å². The Morgan fingerprint density at radius 1 is 0.280 bits per heavy atom. The van der Waals surface area contributed by atoms with Crippen molar-refractivity contribution in [3.63, 3.8) is 0 Å². The molecule has 0 rings (SSSR count). The molecule has 0 amide bonds. The van der Waals surface area contributed by atoms with Crippen LogP contribution < -0.4 is 0 Å². The summed E-state index contributed by atoms with van der Waals surface area (Å²) < 4.78 is 16.8. The number of allylic oxidation sites excluding steroid dienone is 20. The predicted octanol–water partition coefficient (Wildman–Crippen LogP) is 21.2. The van der Waals surface area contributed by atoms with Crippen LogP contribution in [0.4, 0.5) is 0 Å². The van der Waals surface area contributed by atoms with E-state index in [1.165, 1.54) is 96.3 Å². The normalized spacial score (nSPS) is 12.9. The highest BCUT2D eigenvalue weighted by Gasteiger charge is 2.19. The van der Waals surface area contributed by atoms with Crippen LogP contribution in [0.15, 0.2) is 122 Å². The van der Waals surface area contributed by atoms with Crippen LogP contribution in [0, 0.1) is 0 Å². The van der Waals surface area contributed by atoms with Crippen LogP contribution in [-0.4, -0.2) is 37.2 Å². The monoisotopic (exact) mass is 1040 g/mol. The van der Waals surface area contributed by atoms with Gasteiger partial charge >= 0.3 is 17.9 Å². The van der Waals surface area contributed by atoms with Gasteiger partial charge in [-0.15, -0.1) is 0 Å². The fraction of sp³-hybridized carbons (Fsp3) is 0.667. The molecule has 1 unspecified atom stereocenters. The molecule has 0 spiro atoms. The minimum atomic E-state index is -0.786. The second-order valence-electron chi connectivity index (χ2n) is 20.2. The number of ether oxygens (including phenoxy) is 3. The Labute approximate surface area is 462 Å². The first-order chi connectivity index (χ1) is 37.0. The lowest BCUT2D eigenvalue weighted by Crippen LogP contribution is -2.30. The van der Waals surface area contributed by atoms with Crippen LogP contribution in [0.3, 0.4) is 0 Å². The molecule has 0 bridgehead atoms. The maximum Gasteiger partial charge on any atom is 0.306 e. The summed E-state index contributed by atoms with van der Waals surface area (Å²) in [5, 5.41) is 0. The zero-order valence-electron chi connectivity index (χ0n) is 48.8. The lowest BCUT2D eigenvalue weighted by atomic mass is 10.0. The van der Waals surface area contributed by atoms with Gasteiger partial charge in [-0.2, -0.15) is 0 Å². The van der Waals surface area contributed by atoms with Crippen molar-refractivity contribution in [3.05, 3.63) is 122 Å². The van der Waals surface area contributed by atoms with E-state index in [4.69, 9.17) is 14.2 Å². The molecule has 0 saturated carbocycles. The van der Waals surface area contributed by atoms with E-state index in [1.807, 2.05) is 0 Å². The Morgan fingerprint density at radius 3 is 0.813 bits per heavy atom. The van der Waals surface area contributed by atoms with Gasteiger partial charge in [-0.05, 0) is 109 Å². The zero-order chi connectivity index (χ0) is 54.3. The molecule has 1 atom stereocenters. The highest BCUT2D eigenvalue weighted by atomic mass is 16.6. The zero-order valence-corrected chi connectivity index (χ0v) is 48.8. The average Bonchev–Trinajstić information content (AvgIpc) is 3.41. The summed E-state index contributed by atoms with van der Waals surface area (Å²) in [5.41, 5.74) is 0. The van der Waals surface area contributed by atoms with E-state index in [1.54, 1.807) is 0 Å². The van der Waals surface area contributed by atoms with Gasteiger partial charge < -0.3 is 14.2 Å². The third kappa shape index (κ3) is 60.6. The third-order valence-electron chi connectivity index (χ3n) is 13.0. The minimum absolute atomic E-state index is 0.0855. The van der Waals surface area contributed by atoms with Gasteiger partial charge in [0.15, 0.2) is 6.10 Å². The quantitative estimate of drug-likeness (QED) is 0.0261. The molecule has 0 aromatic carbocycles. The molecule has 0 N–H and O–H groups in total. The second-order valence-corrected chi connectivity index (χ2v) is 20.2. The number of hydrogen-bond donors (Lipinski definition) is 0. The van der Waals surface area contributed by atoms with Gasteiger partial charge in [-0.3, -0.25) is 14.4 Å². The smallest absolute Gasteiger partial charge is 0.306 e. The van der Waals surface area contributed by atoms with Gasteiger partial charge in [-0.1, -0.05) is 271 Å². The summed E-state index contributed by atoms with van der Waals surface area (Å²) in [5.74, 6) is -0.913. The number of hydrogen-bond acceptors (Lipinski definition) is 6. The molecule has 0 heterocycles. The predicted molar refractivity (Wildman–Crippen MR) is 325 cm³/mol. The van der Waals surface area contributed by atoms with Crippen LogP contribution in [0.2, 0.25) is 0 Å². The van der Waals surface area contributed by atoms with Crippen molar-refractivity contribution < 1.29 is 28.6 Å². The summed E-state index contributed by atoms with van der Waals surface area (Å²) in [4.78, 5) is 37.9. The van der Waals surface area contributed by atoms with Crippen LogP contribution in [0.1, 0.15) is 278 Å². The summed E-state index contributed by atoms with van der Waals surface area (Å²) >= 11 is 0. The minimum Gasteiger partial charge on any atom is -0.462 e. The molecule has 0 saturated heterocycles. The van der Waals surface area contributed by atoms with Crippen LogP contribution in [0.25, 0.3) is 0 Å². The number of esters is 3. The maximum atomic E-state index is 12.8. The SMILES string of the molecule is CC/C=C\C/C=C\C/C=C\C/C=C\C/C=C\C/C=C\CCCCCCCCC(=O)OC(COC(=O)CCCCCCC)COC(=O)CCCCCCCCCCCCCCCC/C=C\C/C=C\C/C=C\C/C=C\CC. The largest absolute Gasteiger partial charge is 0.462 e. The lowest BCUT2D eigenvalue weighted by molar-refractivity contribution is -0.167. The molecular weight excluding hydrogens is 925 g/mol. The first-order valence-corrected chi connectivity index (χ1v) is 31.0. The maximum absolute atomic E-state index is 12.8. The molecule has 0 aliphatic rings. The molecule has 0 aliphatic heterocycles. The van der Waals surface area contributed by atoms with Gasteiger partial charge in [0.1, 0.15) is 13.2 Å². The van der Waals surface area contributed by atoms with Crippen molar-refractivity contribution in [1.29, 1.82) is 0 Å². The Morgan fingerprint density at radius 2 is 0.520 bits per heavy atom. The van der Waals surface area contributed by atoms with Crippen LogP contribution in [0.5, 0.6) is 0 Å². The Balaban J connectivity index is 4.10. The Bertz CT molecular complexity index is 1570. The Kier molecular flexibility index (Phi) is 58.9. The van der Waals surface area contributed by atoms with Gasteiger partial charge in [0.25, 0.3) is 0 Å². The summed E-state index contributed by atoms with van der Waals surface area (Å²) in [6, 6.07) is 0. The van der Waals surface area contributed by atoms with Crippen molar-refractivity contribution >= 4 is 17.9 Å². The molecule has 0 aromatic heterocycles. The topological polar surface area (TPSA) is 78.9 Å². The number of carbonyl (C=O) groups is 3. The fourth-order valence-corrected chi connectivity index (χ4v) is 8.38. The fourth-order valence-electron chi connectivity index (χ4n) is 8.38. The molecular formula is C69H114O6. The Hall–Kier alpha value is -4.19. The van der Waals surface area contributed by atoms with E-state index in [-0.39, 0.29) is 31.1 Å². The van der Waals surface area contributed by atoms with Crippen LogP contribution >= 0.6 is 0 Å². The first kappa shape index (κ1) is 70.8. The van der Waals surface area contributed by atoms with E-state index >= 15 is 0 Å². The highest BCUT2D eigenvalue weighted by molar-refractivity contribution is 5.71. The molecule has 75 heavy (non-hydrogen) atoms. The van der Waals surface area contributed by atoms with Gasteiger partial charge in [-0.25, -0.2) is 0 Å². The van der Waals surface area contributed by atoms with Crippen molar-refractivity contribution in [1.82, 2.24) is 0 Å². The van der Waals surface area contributed by atoms with Gasteiger partial charge in [0.05, 0.1) is 0 Å². The van der Waals surface area contributed by atoms with Crippen LogP contribution in [-0.2, 0) is 28.6 Å². The molecule has 6 nitrogen and oxygen atoms in total. The number of carbonyl (C=O) groups excluding carboxylic acids is 3. The van der Waals surface area contributed by atoms with E-state index < -0.39 is 6.10 Å². The molecule has 426 valence electrons. The molecule has 0 radical (unpaired) electrons.